The summed E-state index contributed by atoms with van der Waals surface area (Å²) in [6, 6.07) is 5.89. The van der Waals surface area contributed by atoms with Crippen molar-refractivity contribution in [3.8, 4) is 0 Å². The fourth-order valence-corrected chi connectivity index (χ4v) is 3.02. The van der Waals surface area contributed by atoms with Gasteiger partial charge in [-0.2, -0.15) is 0 Å². The van der Waals surface area contributed by atoms with Crippen molar-refractivity contribution in [3.05, 3.63) is 34.9 Å². The molecule has 3 N–H and O–H groups in total. The highest BCUT2D eigenvalue weighted by atomic mass is 16.2. The molecule has 6 heteroatoms. The number of benzene rings is 1. The summed E-state index contributed by atoms with van der Waals surface area (Å²) in [6.45, 7) is 3.23. The zero-order valence-corrected chi connectivity index (χ0v) is 14.3. The largest absolute Gasteiger partial charge is 0.341 e. The molecule has 0 radical (unpaired) electrons. The third-order valence-corrected chi connectivity index (χ3v) is 4.39. The quantitative estimate of drug-likeness (QED) is 0.808. The summed E-state index contributed by atoms with van der Waals surface area (Å²) in [5.74, 6) is -2.14. The first-order chi connectivity index (χ1) is 11.4. The first kappa shape index (κ1) is 18.1. The third kappa shape index (κ3) is 4.20. The lowest BCUT2D eigenvalue weighted by Crippen LogP contribution is -2.47. The Labute approximate surface area is 142 Å². The zero-order valence-electron chi connectivity index (χ0n) is 14.3. The first-order valence-electron chi connectivity index (χ1n) is 8.38. The summed E-state index contributed by atoms with van der Waals surface area (Å²) >= 11 is 0. The Balaban J connectivity index is 2.05. The predicted molar refractivity (Wildman–Crippen MR) is 91.1 cm³/mol. The standard InChI is InChI=1S/C18H25N3O3/c1-12(15-8-7-14-5-3-4-6-16(14)11-15)20-17(23)18(24)21(10-9-19)13(2)22/h7-8,11-12H,3-6,9-10,19H2,1-2H3,(H,20,23). The van der Waals surface area contributed by atoms with E-state index in [2.05, 4.69) is 17.4 Å². The summed E-state index contributed by atoms with van der Waals surface area (Å²) in [5, 5.41) is 2.67. The number of imide groups is 1. The average molecular weight is 331 g/mol. The Bertz CT molecular complexity index is 642. The van der Waals surface area contributed by atoms with E-state index in [4.69, 9.17) is 5.73 Å². The minimum absolute atomic E-state index is 0.0365. The molecular weight excluding hydrogens is 306 g/mol. The molecule has 3 amide bonds. The van der Waals surface area contributed by atoms with Crippen LogP contribution in [0.2, 0.25) is 0 Å². The lowest BCUT2D eigenvalue weighted by atomic mass is 9.89. The van der Waals surface area contributed by atoms with Crippen LogP contribution in [0, 0.1) is 0 Å². The van der Waals surface area contributed by atoms with Crippen LogP contribution in [0.25, 0.3) is 0 Å². The number of carbonyl (C=O) groups is 3. The van der Waals surface area contributed by atoms with Gasteiger partial charge in [-0.15, -0.1) is 0 Å². The van der Waals surface area contributed by atoms with Crippen molar-refractivity contribution in [2.45, 2.75) is 45.6 Å². The number of aryl methyl sites for hydroxylation is 2. The lowest BCUT2D eigenvalue weighted by Gasteiger charge is -2.21. The minimum Gasteiger partial charge on any atom is -0.341 e. The smallest absolute Gasteiger partial charge is 0.318 e. The van der Waals surface area contributed by atoms with Crippen molar-refractivity contribution in [3.63, 3.8) is 0 Å². The minimum atomic E-state index is -0.863. The van der Waals surface area contributed by atoms with Gasteiger partial charge in [-0.05, 0) is 49.3 Å². The first-order valence-corrected chi connectivity index (χ1v) is 8.38. The molecule has 1 aliphatic carbocycles. The van der Waals surface area contributed by atoms with Crippen LogP contribution in [-0.2, 0) is 27.2 Å². The van der Waals surface area contributed by atoms with Gasteiger partial charge in [0.1, 0.15) is 0 Å². The molecule has 0 aromatic heterocycles. The van der Waals surface area contributed by atoms with E-state index in [1.807, 2.05) is 13.0 Å². The van der Waals surface area contributed by atoms with E-state index in [1.54, 1.807) is 0 Å². The van der Waals surface area contributed by atoms with E-state index in [-0.39, 0.29) is 19.1 Å². The fourth-order valence-electron chi connectivity index (χ4n) is 3.02. The summed E-state index contributed by atoms with van der Waals surface area (Å²) in [6.07, 6.45) is 4.55. The van der Waals surface area contributed by atoms with Gasteiger partial charge in [0.2, 0.25) is 5.91 Å². The molecule has 130 valence electrons. The summed E-state index contributed by atoms with van der Waals surface area (Å²) in [4.78, 5) is 36.6. The van der Waals surface area contributed by atoms with Crippen molar-refractivity contribution in [2.75, 3.05) is 13.1 Å². The fraction of sp³-hybridized carbons (Fsp3) is 0.500. The molecule has 1 unspecified atom stereocenters. The SMILES string of the molecule is CC(=O)N(CCN)C(=O)C(=O)NC(C)c1ccc2c(c1)CCCC2. The molecule has 1 aliphatic rings. The van der Waals surface area contributed by atoms with Gasteiger partial charge in [-0.3, -0.25) is 19.3 Å². The summed E-state index contributed by atoms with van der Waals surface area (Å²) in [5.41, 5.74) is 9.03. The predicted octanol–water partition coefficient (Wildman–Crippen LogP) is 1.08. The molecule has 1 aromatic carbocycles. The maximum atomic E-state index is 12.1. The molecule has 0 saturated heterocycles. The second kappa shape index (κ2) is 8.06. The summed E-state index contributed by atoms with van der Waals surface area (Å²) < 4.78 is 0. The monoisotopic (exact) mass is 331 g/mol. The molecular formula is C18H25N3O3. The Morgan fingerprint density at radius 2 is 1.88 bits per heavy atom. The normalized spacial score (nSPS) is 14.5. The highest BCUT2D eigenvalue weighted by Gasteiger charge is 2.26. The molecule has 0 fully saturated rings. The number of hydrogen-bond acceptors (Lipinski definition) is 4. The van der Waals surface area contributed by atoms with Crippen molar-refractivity contribution in [1.82, 2.24) is 10.2 Å². The lowest BCUT2D eigenvalue weighted by molar-refractivity contribution is -0.152. The Morgan fingerprint density at radius 3 is 2.50 bits per heavy atom. The van der Waals surface area contributed by atoms with Gasteiger partial charge < -0.3 is 11.1 Å². The van der Waals surface area contributed by atoms with Gasteiger partial charge >= 0.3 is 11.8 Å². The van der Waals surface area contributed by atoms with E-state index < -0.39 is 17.7 Å². The van der Waals surface area contributed by atoms with Gasteiger partial charge in [-0.1, -0.05) is 18.2 Å². The summed E-state index contributed by atoms with van der Waals surface area (Å²) in [7, 11) is 0. The topological polar surface area (TPSA) is 92.5 Å². The van der Waals surface area contributed by atoms with Crippen molar-refractivity contribution < 1.29 is 14.4 Å². The van der Waals surface area contributed by atoms with Gasteiger partial charge in [0.15, 0.2) is 0 Å². The Morgan fingerprint density at radius 1 is 1.21 bits per heavy atom. The van der Waals surface area contributed by atoms with Crippen LogP contribution in [0.3, 0.4) is 0 Å². The number of nitrogens with two attached hydrogens (primary N) is 1. The molecule has 0 aliphatic heterocycles. The molecule has 6 nitrogen and oxygen atoms in total. The molecule has 0 bridgehead atoms. The van der Waals surface area contributed by atoms with Gasteiger partial charge in [0.25, 0.3) is 0 Å². The van der Waals surface area contributed by atoms with Crippen molar-refractivity contribution >= 4 is 17.7 Å². The molecule has 1 atom stereocenters. The second-order valence-electron chi connectivity index (χ2n) is 6.19. The molecule has 0 heterocycles. The van der Waals surface area contributed by atoms with Crippen LogP contribution in [0.4, 0.5) is 0 Å². The number of nitrogens with zero attached hydrogens (tertiary/aromatic N) is 1. The molecule has 1 aromatic rings. The van der Waals surface area contributed by atoms with Crippen LogP contribution < -0.4 is 11.1 Å². The van der Waals surface area contributed by atoms with E-state index in [0.29, 0.717) is 0 Å². The van der Waals surface area contributed by atoms with Gasteiger partial charge in [0.05, 0.1) is 6.04 Å². The van der Waals surface area contributed by atoms with E-state index >= 15 is 0 Å². The van der Waals surface area contributed by atoms with Crippen molar-refractivity contribution in [2.24, 2.45) is 5.73 Å². The number of carbonyl (C=O) groups excluding carboxylic acids is 3. The van der Waals surface area contributed by atoms with E-state index in [1.165, 1.54) is 30.9 Å². The Kier molecular flexibility index (Phi) is 6.09. The van der Waals surface area contributed by atoms with E-state index in [9.17, 15) is 14.4 Å². The number of rotatable bonds is 4. The molecule has 0 saturated carbocycles. The molecule has 24 heavy (non-hydrogen) atoms. The second-order valence-corrected chi connectivity index (χ2v) is 6.19. The van der Waals surface area contributed by atoms with Gasteiger partial charge in [0, 0.05) is 20.0 Å². The number of hydrogen-bond donors (Lipinski definition) is 2. The van der Waals surface area contributed by atoms with Crippen LogP contribution in [0.15, 0.2) is 18.2 Å². The average Bonchev–Trinajstić information content (AvgIpc) is 2.58. The number of amides is 3. The zero-order chi connectivity index (χ0) is 17.7. The van der Waals surface area contributed by atoms with Crippen LogP contribution in [-0.4, -0.2) is 35.7 Å². The number of nitrogens with one attached hydrogen (secondary N) is 1. The maximum Gasteiger partial charge on any atom is 0.318 e. The number of fused-ring (bicyclic) bond motifs is 1. The molecule has 2 rings (SSSR count). The highest BCUT2D eigenvalue weighted by Crippen LogP contribution is 2.24. The maximum absolute atomic E-state index is 12.1. The van der Waals surface area contributed by atoms with Crippen molar-refractivity contribution in [1.29, 1.82) is 0 Å². The van der Waals surface area contributed by atoms with Crippen LogP contribution in [0.1, 0.15) is 49.4 Å². The van der Waals surface area contributed by atoms with Crippen LogP contribution in [0.5, 0.6) is 0 Å². The highest BCUT2D eigenvalue weighted by molar-refractivity contribution is 6.37. The van der Waals surface area contributed by atoms with Crippen LogP contribution >= 0.6 is 0 Å². The van der Waals surface area contributed by atoms with E-state index in [0.717, 1.165) is 23.3 Å². The molecule has 0 spiro atoms. The Hall–Kier alpha value is -2.21. The third-order valence-electron chi connectivity index (χ3n) is 4.39. The van der Waals surface area contributed by atoms with Gasteiger partial charge in [-0.25, -0.2) is 0 Å².